The van der Waals surface area contributed by atoms with Gasteiger partial charge < -0.3 is 9.73 Å². The van der Waals surface area contributed by atoms with Gasteiger partial charge >= 0.3 is 0 Å². The number of hydrogen-bond donors (Lipinski definition) is 1. The summed E-state index contributed by atoms with van der Waals surface area (Å²) in [6, 6.07) is 6.22. The Morgan fingerprint density at radius 1 is 1.37 bits per heavy atom. The van der Waals surface area contributed by atoms with E-state index >= 15 is 0 Å². The first-order valence-electron chi connectivity index (χ1n) is 5.77. The maximum Gasteiger partial charge on any atom is 0.254 e. The van der Waals surface area contributed by atoms with Crippen molar-refractivity contribution in [3.05, 3.63) is 59.3 Å². The van der Waals surface area contributed by atoms with Gasteiger partial charge in [-0.1, -0.05) is 6.07 Å². The minimum Gasteiger partial charge on any atom is -0.472 e. The number of halogens is 1. The minimum absolute atomic E-state index is 0.201. The van der Waals surface area contributed by atoms with Gasteiger partial charge in [0.05, 0.1) is 11.8 Å². The van der Waals surface area contributed by atoms with E-state index in [1.54, 1.807) is 23.9 Å². The average molecular weight is 279 g/mol. The fourth-order valence-corrected chi connectivity index (χ4v) is 2.31. The molecule has 0 aliphatic carbocycles. The lowest BCUT2D eigenvalue weighted by Crippen LogP contribution is -2.22. The third-order valence-electron chi connectivity index (χ3n) is 2.69. The van der Waals surface area contributed by atoms with Crippen LogP contribution < -0.4 is 5.32 Å². The van der Waals surface area contributed by atoms with Crippen molar-refractivity contribution >= 4 is 17.7 Å². The molecule has 0 aliphatic heterocycles. The SMILES string of the molecule is CSCc1cc(F)ccc1CNC(=O)c1ccoc1. The molecule has 2 rings (SSSR count). The summed E-state index contributed by atoms with van der Waals surface area (Å²) in [5.41, 5.74) is 2.31. The summed E-state index contributed by atoms with van der Waals surface area (Å²) in [6.45, 7) is 0.375. The molecule has 100 valence electrons. The number of carbonyl (C=O) groups is 1. The Morgan fingerprint density at radius 3 is 2.89 bits per heavy atom. The van der Waals surface area contributed by atoms with Crippen molar-refractivity contribution in [2.75, 3.05) is 6.26 Å². The van der Waals surface area contributed by atoms with Crippen molar-refractivity contribution in [2.24, 2.45) is 0 Å². The zero-order chi connectivity index (χ0) is 13.7. The summed E-state index contributed by atoms with van der Waals surface area (Å²) in [7, 11) is 0. The van der Waals surface area contributed by atoms with E-state index in [4.69, 9.17) is 4.42 Å². The zero-order valence-corrected chi connectivity index (χ0v) is 11.3. The van der Waals surface area contributed by atoms with E-state index in [-0.39, 0.29) is 11.7 Å². The highest BCUT2D eigenvalue weighted by Gasteiger charge is 2.08. The Hall–Kier alpha value is -1.75. The van der Waals surface area contributed by atoms with Crippen molar-refractivity contribution in [1.82, 2.24) is 5.32 Å². The Balaban J connectivity index is 2.05. The highest BCUT2D eigenvalue weighted by Crippen LogP contribution is 2.16. The van der Waals surface area contributed by atoms with Gasteiger partial charge in [0.2, 0.25) is 0 Å². The number of furan rings is 1. The van der Waals surface area contributed by atoms with Crippen LogP contribution in [0.2, 0.25) is 0 Å². The molecule has 2 aromatic rings. The van der Waals surface area contributed by atoms with Gasteiger partial charge in [-0.2, -0.15) is 11.8 Å². The quantitative estimate of drug-likeness (QED) is 0.913. The molecule has 1 amide bonds. The zero-order valence-electron chi connectivity index (χ0n) is 10.5. The highest BCUT2D eigenvalue weighted by molar-refractivity contribution is 7.97. The molecule has 0 bridgehead atoms. The Labute approximate surface area is 115 Å². The van der Waals surface area contributed by atoms with E-state index in [0.29, 0.717) is 17.9 Å². The van der Waals surface area contributed by atoms with Crippen molar-refractivity contribution in [1.29, 1.82) is 0 Å². The van der Waals surface area contributed by atoms with Gasteiger partial charge in [-0.15, -0.1) is 0 Å². The maximum atomic E-state index is 13.2. The summed E-state index contributed by atoms with van der Waals surface area (Å²) >= 11 is 1.62. The molecular weight excluding hydrogens is 265 g/mol. The van der Waals surface area contributed by atoms with E-state index in [0.717, 1.165) is 11.1 Å². The molecule has 5 heteroatoms. The lowest BCUT2D eigenvalue weighted by atomic mass is 10.1. The standard InChI is InChI=1S/C14H14FNO2S/c1-19-9-12-6-13(15)3-2-10(12)7-16-14(17)11-4-5-18-8-11/h2-6,8H,7,9H2,1H3,(H,16,17). The van der Waals surface area contributed by atoms with Crippen LogP contribution in [0.4, 0.5) is 4.39 Å². The van der Waals surface area contributed by atoms with Gasteiger partial charge in [-0.3, -0.25) is 4.79 Å². The molecule has 0 unspecified atom stereocenters. The molecular formula is C14H14FNO2S. The van der Waals surface area contributed by atoms with Gasteiger partial charge in [-0.25, -0.2) is 4.39 Å². The van der Waals surface area contributed by atoms with E-state index in [9.17, 15) is 9.18 Å². The lowest BCUT2D eigenvalue weighted by Gasteiger charge is -2.09. The lowest BCUT2D eigenvalue weighted by molar-refractivity contribution is 0.0950. The van der Waals surface area contributed by atoms with Crippen molar-refractivity contribution < 1.29 is 13.6 Å². The first-order valence-corrected chi connectivity index (χ1v) is 7.16. The fraction of sp³-hybridized carbons (Fsp3) is 0.214. The topological polar surface area (TPSA) is 42.2 Å². The van der Waals surface area contributed by atoms with Gasteiger partial charge in [0, 0.05) is 12.3 Å². The van der Waals surface area contributed by atoms with Gasteiger partial charge in [0.1, 0.15) is 12.1 Å². The highest BCUT2D eigenvalue weighted by atomic mass is 32.2. The van der Waals surface area contributed by atoms with E-state index in [1.807, 2.05) is 6.26 Å². The number of amides is 1. The summed E-state index contributed by atoms with van der Waals surface area (Å²) < 4.78 is 18.0. The smallest absolute Gasteiger partial charge is 0.254 e. The predicted molar refractivity (Wildman–Crippen MR) is 73.5 cm³/mol. The van der Waals surface area contributed by atoms with E-state index in [1.165, 1.54) is 24.7 Å². The number of benzene rings is 1. The second-order valence-corrected chi connectivity index (χ2v) is 4.91. The van der Waals surface area contributed by atoms with Crippen LogP contribution in [0, 0.1) is 5.82 Å². The van der Waals surface area contributed by atoms with E-state index in [2.05, 4.69) is 5.32 Å². The molecule has 0 atom stereocenters. The second-order valence-electron chi connectivity index (χ2n) is 4.04. The molecule has 1 aromatic heterocycles. The van der Waals surface area contributed by atoms with Gasteiger partial charge in [0.25, 0.3) is 5.91 Å². The molecule has 3 nitrogen and oxygen atoms in total. The molecule has 1 N–H and O–H groups in total. The predicted octanol–water partition coefficient (Wildman–Crippen LogP) is 3.21. The van der Waals surface area contributed by atoms with Crippen LogP contribution in [0.15, 0.2) is 41.2 Å². The first-order chi connectivity index (χ1) is 9.20. The Morgan fingerprint density at radius 2 is 2.21 bits per heavy atom. The summed E-state index contributed by atoms with van der Waals surface area (Å²) in [5.74, 6) is 0.261. The summed E-state index contributed by atoms with van der Waals surface area (Å²) in [4.78, 5) is 11.8. The third kappa shape index (κ3) is 3.61. The first kappa shape index (κ1) is 13.7. The molecule has 0 fully saturated rings. The van der Waals surface area contributed by atoms with Crippen LogP contribution >= 0.6 is 11.8 Å². The Kier molecular flexibility index (Phi) is 4.63. The van der Waals surface area contributed by atoms with Crippen molar-refractivity contribution in [2.45, 2.75) is 12.3 Å². The second kappa shape index (κ2) is 6.43. The maximum absolute atomic E-state index is 13.2. The van der Waals surface area contributed by atoms with Crippen molar-refractivity contribution in [3.63, 3.8) is 0 Å². The molecule has 0 aliphatic rings. The number of carbonyl (C=O) groups excluding carboxylic acids is 1. The van der Waals surface area contributed by atoms with Crippen molar-refractivity contribution in [3.8, 4) is 0 Å². The normalized spacial score (nSPS) is 10.4. The number of nitrogens with one attached hydrogen (secondary N) is 1. The third-order valence-corrected chi connectivity index (χ3v) is 3.29. The molecule has 19 heavy (non-hydrogen) atoms. The Bertz CT molecular complexity index is 555. The van der Waals surface area contributed by atoms with Gasteiger partial charge in [0.15, 0.2) is 0 Å². The number of rotatable bonds is 5. The molecule has 1 heterocycles. The number of hydrogen-bond acceptors (Lipinski definition) is 3. The van der Waals surface area contributed by atoms with Gasteiger partial charge in [-0.05, 0) is 35.6 Å². The van der Waals surface area contributed by atoms with Crippen LogP contribution in [0.5, 0.6) is 0 Å². The van der Waals surface area contributed by atoms with E-state index < -0.39 is 0 Å². The molecule has 0 radical (unpaired) electrons. The summed E-state index contributed by atoms with van der Waals surface area (Å²) in [5, 5.41) is 2.79. The monoisotopic (exact) mass is 279 g/mol. The van der Waals surface area contributed by atoms with Crippen LogP contribution in [-0.2, 0) is 12.3 Å². The fourth-order valence-electron chi connectivity index (χ4n) is 1.73. The molecule has 0 spiro atoms. The van der Waals surface area contributed by atoms with Crippen LogP contribution in [-0.4, -0.2) is 12.2 Å². The van der Waals surface area contributed by atoms with Crippen LogP contribution in [0.1, 0.15) is 21.5 Å². The minimum atomic E-state index is -0.256. The van der Waals surface area contributed by atoms with Crippen LogP contribution in [0.25, 0.3) is 0 Å². The molecule has 1 aromatic carbocycles. The van der Waals surface area contributed by atoms with Crippen LogP contribution in [0.3, 0.4) is 0 Å². The largest absolute Gasteiger partial charge is 0.472 e. The molecule has 0 saturated heterocycles. The summed E-state index contributed by atoms with van der Waals surface area (Å²) in [6.07, 6.45) is 4.80. The number of thioether (sulfide) groups is 1. The average Bonchev–Trinajstić information content (AvgIpc) is 2.92. The molecule has 0 saturated carbocycles.